The number of nitrogens with one attached hydrogen (secondary N) is 4. The lowest BCUT2D eigenvalue weighted by Gasteiger charge is -2.24. The van der Waals surface area contributed by atoms with Crippen molar-refractivity contribution in [1.29, 1.82) is 0 Å². The van der Waals surface area contributed by atoms with Gasteiger partial charge in [-0.1, -0.05) is 93.3 Å². The first kappa shape index (κ1) is 49.8. The van der Waals surface area contributed by atoms with Crippen molar-refractivity contribution in [1.82, 2.24) is 26.2 Å². The van der Waals surface area contributed by atoms with E-state index in [1.165, 1.54) is 0 Å². The van der Waals surface area contributed by atoms with Gasteiger partial charge in [0.1, 0.15) is 12.1 Å². The van der Waals surface area contributed by atoms with Crippen LogP contribution in [-0.4, -0.2) is 97.9 Å². The minimum atomic E-state index is -0.803. The average Bonchev–Trinajstić information content (AvgIpc) is 3.22. The minimum absolute atomic E-state index is 0.0350. The summed E-state index contributed by atoms with van der Waals surface area (Å²) in [4.78, 5) is 67.8. The van der Waals surface area contributed by atoms with Crippen LogP contribution >= 0.6 is 0 Å². The van der Waals surface area contributed by atoms with E-state index in [-0.39, 0.29) is 17.7 Å². The van der Waals surface area contributed by atoms with Gasteiger partial charge in [0.25, 0.3) is 0 Å². The summed E-state index contributed by atoms with van der Waals surface area (Å²) in [6.07, 6.45) is 10.9. The Bertz CT molecular complexity index is 1350. The van der Waals surface area contributed by atoms with Gasteiger partial charge in [0, 0.05) is 32.6 Å². The summed E-state index contributed by atoms with van der Waals surface area (Å²) >= 11 is 0. The number of nitrogens with zero attached hydrogens (tertiary/aromatic N) is 1. The second-order valence-electron chi connectivity index (χ2n) is 15.1. The number of unbranched alkanes of at least 4 members (excludes halogenated alkanes) is 6. The molecule has 0 spiro atoms. The normalized spacial score (nSPS) is 13.1. The van der Waals surface area contributed by atoms with E-state index in [2.05, 4.69) is 28.2 Å². The van der Waals surface area contributed by atoms with Gasteiger partial charge in [-0.3, -0.25) is 24.0 Å². The van der Waals surface area contributed by atoms with Crippen LogP contribution in [0.2, 0.25) is 0 Å². The standard InChI is InChI=1S/C44H73N9O5/c1-2-3-4-5-12-25-40(54)53(30-17-28-49-43(57)38(23-13-15-26-45)51-41(55)36(47)32-34-19-8-6-9-20-34)31-18-29-50-44(58)39(24-14-16-27-46)52-42(56)37(48)33-35-21-10-7-11-22-35/h6-11,19-22,36-39H,2-5,12-18,23-33,45-48H2,1H3,(H,49,57)(H,50,58)(H,51,55)(H,52,56)/t36-,37-,38-,39-/m1/s1. The molecule has 0 bridgehead atoms. The van der Waals surface area contributed by atoms with Crippen molar-refractivity contribution in [3.05, 3.63) is 71.8 Å². The lowest BCUT2D eigenvalue weighted by atomic mass is 10.0. The van der Waals surface area contributed by atoms with Crippen LogP contribution in [0.1, 0.15) is 108 Å². The Hall–Kier alpha value is -4.37. The van der Waals surface area contributed by atoms with Crippen LogP contribution in [0.5, 0.6) is 0 Å². The number of amides is 5. The molecule has 2 rings (SSSR count). The van der Waals surface area contributed by atoms with Gasteiger partial charge in [0.15, 0.2) is 0 Å². The Labute approximate surface area is 346 Å². The van der Waals surface area contributed by atoms with Crippen molar-refractivity contribution in [3.63, 3.8) is 0 Å². The van der Waals surface area contributed by atoms with Crippen molar-refractivity contribution < 1.29 is 24.0 Å². The molecule has 0 aromatic heterocycles. The molecule has 0 aliphatic carbocycles. The summed E-state index contributed by atoms with van der Waals surface area (Å²) < 4.78 is 0. The average molecular weight is 808 g/mol. The molecule has 0 radical (unpaired) electrons. The largest absolute Gasteiger partial charge is 0.354 e. The third kappa shape index (κ3) is 21.4. The molecule has 0 saturated carbocycles. The van der Waals surface area contributed by atoms with Crippen molar-refractivity contribution >= 4 is 29.5 Å². The first-order valence-corrected chi connectivity index (χ1v) is 21.5. The Morgan fingerprint density at radius 3 is 1.40 bits per heavy atom. The maximum absolute atomic E-state index is 13.4. The Kier molecular flexibility index (Phi) is 26.3. The molecule has 4 atom stereocenters. The molecule has 0 aliphatic heterocycles. The van der Waals surface area contributed by atoms with E-state index in [1.807, 2.05) is 60.7 Å². The number of rotatable bonds is 32. The predicted octanol–water partition coefficient (Wildman–Crippen LogP) is 2.56. The SMILES string of the molecule is CCCCCCCC(=O)N(CCCNC(=O)[C@@H](CCCCN)NC(=O)[C@H](N)Cc1ccccc1)CCCNC(=O)[C@@H](CCCCN)NC(=O)[C@H](N)Cc1ccccc1. The van der Waals surface area contributed by atoms with Crippen LogP contribution < -0.4 is 44.2 Å². The molecule has 14 nitrogen and oxygen atoms in total. The highest BCUT2D eigenvalue weighted by Gasteiger charge is 2.25. The van der Waals surface area contributed by atoms with Gasteiger partial charge in [-0.05, 0) is 94.8 Å². The first-order chi connectivity index (χ1) is 28.1. The van der Waals surface area contributed by atoms with Crippen molar-refractivity contribution in [3.8, 4) is 0 Å². The van der Waals surface area contributed by atoms with Gasteiger partial charge in [0.05, 0.1) is 12.1 Å². The van der Waals surface area contributed by atoms with Crippen molar-refractivity contribution in [2.75, 3.05) is 39.3 Å². The molecule has 2 aromatic carbocycles. The lowest BCUT2D eigenvalue weighted by Crippen LogP contribution is -2.52. The number of nitrogens with two attached hydrogens (primary N) is 4. The van der Waals surface area contributed by atoms with Crippen LogP contribution in [0.3, 0.4) is 0 Å². The quantitative estimate of drug-likeness (QED) is 0.0506. The van der Waals surface area contributed by atoms with Crippen molar-refractivity contribution in [2.45, 2.75) is 134 Å². The first-order valence-electron chi connectivity index (χ1n) is 21.5. The minimum Gasteiger partial charge on any atom is -0.354 e. The third-order valence-corrected chi connectivity index (χ3v) is 10.1. The Morgan fingerprint density at radius 1 is 0.552 bits per heavy atom. The molecule has 324 valence electrons. The van der Waals surface area contributed by atoms with E-state index in [9.17, 15) is 24.0 Å². The van der Waals surface area contributed by atoms with Gasteiger partial charge in [-0.25, -0.2) is 0 Å². The van der Waals surface area contributed by atoms with Crippen LogP contribution in [0, 0.1) is 0 Å². The van der Waals surface area contributed by atoms with E-state index >= 15 is 0 Å². The van der Waals surface area contributed by atoms with Gasteiger partial charge in [-0.15, -0.1) is 0 Å². The highest BCUT2D eigenvalue weighted by atomic mass is 16.2. The summed E-state index contributed by atoms with van der Waals surface area (Å²) in [5, 5.41) is 11.6. The maximum Gasteiger partial charge on any atom is 0.242 e. The third-order valence-electron chi connectivity index (χ3n) is 10.1. The van der Waals surface area contributed by atoms with Gasteiger partial charge < -0.3 is 49.1 Å². The molecule has 0 fully saturated rings. The molecule has 12 N–H and O–H groups in total. The molecule has 14 heteroatoms. The summed E-state index contributed by atoms with van der Waals surface area (Å²) in [6.45, 7) is 4.59. The van der Waals surface area contributed by atoms with E-state index in [1.54, 1.807) is 4.90 Å². The molecule has 2 aromatic rings. The Morgan fingerprint density at radius 2 is 0.983 bits per heavy atom. The maximum atomic E-state index is 13.4. The highest BCUT2D eigenvalue weighted by Crippen LogP contribution is 2.10. The van der Waals surface area contributed by atoms with Crippen LogP contribution in [0.25, 0.3) is 0 Å². The molecular weight excluding hydrogens is 735 g/mol. The molecule has 0 heterocycles. The summed E-state index contributed by atoms with van der Waals surface area (Å²) in [6, 6.07) is 15.9. The fourth-order valence-electron chi connectivity index (χ4n) is 6.61. The zero-order valence-corrected chi connectivity index (χ0v) is 34.9. The van der Waals surface area contributed by atoms with Crippen LogP contribution in [0.15, 0.2) is 60.7 Å². The summed E-state index contributed by atoms with van der Waals surface area (Å²) in [5.41, 5.74) is 25.6. The molecule has 0 unspecified atom stereocenters. The summed E-state index contributed by atoms with van der Waals surface area (Å²) in [5.74, 6) is -1.36. The zero-order valence-electron chi connectivity index (χ0n) is 34.9. The second kappa shape index (κ2) is 30.7. The monoisotopic (exact) mass is 808 g/mol. The molecule has 0 aliphatic rings. The lowest BCUT2D eigenvalue weighted by molar-refractivity contribution is -0.131. The number of carbonyl (C=O) groups is 5. The zero-order chi connectivity index (χ0) is 42.4. The molecular formula is C44H73N9O5. The number of carbonyl (C=O) groups excluding carboxylic acids is 5. The fraction of sp³-hybridized carbons (Fsp3) is 0.614. The van der Waals surface area contributed by atoms with E-state index in [0.29, 0.717) is 97.1 Å². The van der Waals surface area contributed by atoms with Gasteiger partial charge in [0.2, 0.25) is 29.5 Å². The highest BCUT2D eigenvalue weighted by molar-refractivity contribution is 5.90. The van der Waals surface area contributed by atoms with Crippen molar-refractivity contribution in [2.24, 2.45) is 22.9 Å². The smallest absolute Gasteiger partial charge is 0.242 e. The van der Waals surface area contributed by atoms with Crippen LogP contribution in [-0.2, 0) is 36.8 Å². The summed E-state index contributed by atoms with van der Waals surface area (Å²) in [7, 11) is 0. The fourth-order valence-corrected chi connectivity index (χ4v) is 6.61. The van der Waals surface area contributed by atoms with Gasteiger partial charge >= 0.3 is 0 Å². The van der Waals surface area contributed by atoms with E-state index < -0.39 is 36.0 Å². The van der Waals surface area contributed by atoms with Gasteiger partial charge in [-0.2, -0.15) is 0 Å². The molecule has 0 saturated heterocycles. The number of hydrogen-bond donors (Lipinski definition) is 8. The van der Waals surface area contributed by atoms with E-state index in [0.717, 1.165) is 56.1 Å². The van der Waals surface area contributed by atoms with E-state index in [4.69, 9.17) is 22.9 Å². The molecule has 5 amide bonds. The number of hydrogen-bond acceptors (Lipinski definition) is 9. The topological polar surface area (TPSA) is 241 Å². The molecule has 58 heavy (non-hydrogen) atoms. The van der Waals surface area contributed by atoms with Crippen LogP contribution in [0.4, 0.5) is 0 Å². The number of benzene rings is 2. The second-order valence-corrected chi connectivity index (χ2v) is 15.1. The Balaban J connectivity index is 1.95. The predicted molar refractivity (Wildman–Crippen MR) is 231 cm³/mol.